The van der Waals surface area contributed by atoms with Crippen molar-refractivity contribution in [3.63, 3.8) is 0 Å². The number of nitrogens with zero attached hydrogens (tertiary/aromatic N) is 2. The van der Waals surface area contributed by atoms with Crippen molar-refractivity contribution in [1.29, 1.82) is 0 Å². The predicted octanol–water partition coefficient (Wildman–Crippen LogP) is 2.96. The molecule has 0 bridgehead atoms. The van der Waals surface area contributed by atoms with E-state index < -0.39 is 27.9 Å². The van der Waals surface area contributed by atoms with E-state index in [0.717, 1.165) is 36.3 Å². The number of nitrogens with two attached hydrogens (primary N) is 1. The molecule has 33 heavy (non-hydrogen) atoms. The van der Waals surface area contributed by atoms with Crippen LogP contribution in [0.3, 0.4) is 0 Å². The predicted molar refractivity (Wildman–Crippen MR) is 125 cm³/mol. The van der Waals surface area contributed by atoms with E-state index in [4.69, 9.17) is 10.5 Å². The van der Waals surface area contributed by atoms with Gasteiger partial charge in [-0.25, -0.2) is 8.70 Å². The molecule has 0 aliphatic carbocycles. The standard InChI is InChI=1S/C23H28FN3O5S/c1-3-10-26(2)11-4-5-12-32-17-7-9-22-19(14-17)20(15-27(22)33(29,30)31)18-8-6-16(23(25)28)13-21(18)24/h3,6-9,13-14,20H,1,4-5,10-12,15H2,2H3,(H2,25,28)(H,29,30,31). The summed E-state index contributed by atoms with van der Waals surface area (Å²) in [4.78, 5) is 13.5. The first-order valence-corrected chi connectivity index (χ1v) is 11.9. The number of carbonyl (C=O) groups is 1. The Labute approximate surface area is 193 Å². The van der Waals surface area contributed by atoms with Crippen LogP contribution in [0.2, 0.25) is 0 Å². The van der Waals surface area contributed by atoms with Crippen LogP contribution in [0.25, 0.3) is 0 Å². The highest BCUT2D eigenvalue weighted by Gasteiger charge is 2.37. The van der Waals surface area contributed by atoms with E-state index >= 15 is 0 Å². The summed E-state index contributed by atoms with van der Waals surface area (Å²) in [5, 5.41) is 0. The number of likely N-dealkylation sites (N-methyl/N-ethyl adjacent to an activating group) is 1. The highest BCUT2D eigenvalue weighted by Crippen LogP contribution is 2.43. The van der Waals surface area contributed by atoms with Gasteiger partial charge < -0.3 is 15.4 Å². The van der Waals surface area contributed by atoms with E-state index in [-0.39, 0.29) is 23.4 Å². The van der Waals surface area contributed by atoms with Gasteiger partial charge in [-0.1, -0.05) is 12.1 Å². The number of benzene rings is 2. The second kappa shape index (κ2) is 10.3. The highest BCUT2D eigenvalue weighted by atomic mass is 32.2. The minimum atomic E-state index is -4.56. The Balaban J connectivity index is 1.81. The Morgan fingerprint density at radius 3 is 2.70 bits per heavy atom. The van der Waals surface area contributed by atoms with Gasteiger partial charge in [0.05, 0.1) is 12.3 Å². The number of amides is 1. The van der Waals surface area contributed by atoms with Crippen LogP contribution in [0.15, 0.2) is 49.1 Å². The van der Waals surface area contributed by atoms with Crippen LogP contribution in [0, 0.1) is 5.82 Å². The number of halogens is 1. The zero-order valence-electron chi connectivity index (χ0n) is 18.4. The van der Waals surface area contributed by atoms with Crippen molar-refractivity contribution in [3.8, 4) is 5.75 Å². The molecule has 1 amide bonds. The molecule has 1 aliphatic rings. The lowest BCUT2D eigenvalue weighted by Gasteiger charge is -2.16. The summed E-state index contributed by atoms with van der Waals surface area (Å²) in [6.07, 6.45) is 3.60. The summed E-state index contributed by atoms with van der Waals surface area (Å²) in [6, 6.07) is 8.64. The summed E-state index contributed by atoms with van der Waals surface area (Å²) >= 11 is 0. The highest BCUT2D eigenvalue weighted by molar-refractivity contribution is 7.87. The minimum absolute atomic E-state index is 0.0110. The molecule has 0 spiro atoms. The molecule has 3 N–H and O–H groups in total. The van der Waals surface area contributed by atoms with E-state index in [1.54, 1.807) is 12.1 Å². The van der Waals surface area contributed by atoms with Crippen molar-refractivity contribution in [2.24, 2.45) is 5.73 Å². The van der Waals surface area contributed by atoms with Crippen LogP contribution in [0.5, 0.6) is 5.75 Å². The average molecular weight is 478 g/mol. The monoisotopic (exact) mass is 477 g/mol. The average Bonchev–Trinajstić information content (AvgIpc) is 3.12. The van der Waals surface area contributed by atoms with Gasteiger partial charge >= 0.3 is 10.3 Å². The zero-order valence-corrected chi connectivity index (χ0v) is 19.2. The molecule has 0 aromatic heterocycles. The van der Waals surface area contributed by atoms with Gasteiger partial charge in [0.1, 0.15) is 11.6 Å². The molecular weight excluding hydrogens is 449 g/mol. The van der Waals surface area contributed by atoms with Gasteiger partial charge in [0.25, 0.3) is 0 Å². The third kappa shape index (κ3) is 5.89. The van der Waals surface area contributed by atoms with Gasteiger partial charge in [-0.2, -0.15) is 8.42 Å². The summed E-state index contributed by atoms with van der Waals surface area (Å²) < 4.78 is 55.0. The first kappa shape index (κ1) is 24.7. The molecular formula is C23H28FN3O5S. The topological polar surface area (TPSA) is 113 Å². The second-order valence-corrected chi connectivity index (χ2v) is 9.33. The lowest BCUT2D eigenvalue weighted by molar-refractivity contribution is 0.1000. The van der Waals surface area contributed by atoms with Gasteiger partial charge in [0.2, 0.25) is 5.91 Å². The maximum Gasteiger partial charge on any atom is 0.360 e. The fraction of sp³-hybridized carbons (Fsp3) is 0.348. The Morgan fingerprint density at radius 1 is 1.30 bits per heavy atom. The van der Waals surface area contributed by atoms with Crippen LogP contribution in [-0.4, -0.2) is 57.1 Å². The summed E-state index contributed by atoms with van der Waals surface area (Å²) in [7, 11) is -2.54. The van der Waals surface area contributed by atoms with E-state index in [1.165, 1.54) is 18.2 Å². The molecule has 0 saturated heterocycles. The van der Waals surface area contributed by atoms with Crippen LogP contribution in [0.4, 0.5) is 10.1 Å². The number of carbonyl (C=O) groups excluding carboxylic acids is 1. The third-order valence-electron chi connectivity index (χ3n) is 5.57. The number of fused-ring (bicyclic) bond motifs is 1. The fourth-order valence-electron chi connectivity index (χ4n) is 3.92. The van der Waals surface area contributed by atoms with E-state index in [9.17, 15) is 22.2 Å². The van der Waals surface area contributed by atoms with E-state index in [1.807, 2.05) is 13.1 Å². The van der Waals surface area contributed by atoms with Crippen molar-refractivity contribution in [2.75, 3.05) is 37.6 Å². The van der Waals surface area contributed by atoms with Gasteiger partial charge in [-0.15, -0.1) is 6.58 Å². The maximum absolute atomic E-state index is 14.8. The van der Waals surface area contributed by atoms with Crippen molar-refractivity contribution in [3.05, 3.63) is 71.6 Å². The number of rotatable bonds is 11. The maximum atomic E-state index is 14.8. The molecule has 0 saturated carbocycles. The van der Waals surface area contributed by atoms with E-state index in [2.05, 4.69) is 11.5 Å². The molecule has 8 nitrogen and oxygen atoms in total. The summed E-state index contributed by atoms with van der Waals surface area (Å²) in [6.45, 7) is 5.72. The molecule has 1 atom stereocenters. The first-order chi connectivity index (χ1) is 15.6. The Hall–Kier alpha value is -2.95. The third-order valence-corrected chi connectivity index (χ3v) is 6.48. The minimum Gasteiger partial charge on any atom is -0.494 e. The molecule has 0 radical (unpaired) electrons. The molecule has 178 valence electrons. The molecule has 2 aromatic carbocycles. The normalized spacial score (nSPS) is 15.5. The van der Waals surface area contributed by atoms with Crippen LogP contribution in [-0.2, 0) is 10.3 Å². The summed E-state index contributed by atoms with van der Waals surface area (Å²) in [5.41, 5.74) is 6.16. The second-order valence-electron chi connectivity index (χ2n) is 7.99. The van der Waals surface area contributed by atoms with Gasteiger partial charge in [0, 0.05) is 24.6 Å². The lowest BCUT2D eigenvalue weighted by Crippen LogP contribution is -2.29. The van der Waals surface area contributed by atoms with Crippen molar-refractivity contribution >= 4 is 21.9 Å². The Kier molecular flexibility index (Phi) is 7.72. The number of hydrogen-bond donors (Lipinski definition) is 2. The van der Waals surface area contributed by atoms with Crippen LogP contribution in [0.1, 0.15) is 40.2 Å². The van der Waals surface area contributed by atoms with Crippen molar-refractivity contribution < 1.29 is 26.9 Å². The number of ether oxygens (including phenoxy) is 1. The molecule has 2 aromatic rings. The first-order valence-electron chi connectivity index (χ1n) is 10.5. The largest absolute Gasteiger partial charge is 0.494 e. The molecule has 1 heterocycles. The van der Waals surface area contributed by atoms with Gasteiger partial charge in [-0.05, 0) is 67.9 Å². The molecule has 3 rings (SSSR count). The van der Waals surface area contributed by atoms with E-state index in [0.29, 0.717) is 17.9 Å². The zero-order chi connectivity index (χ0) is 24.2. The molecule has 1 aliphatic heterocycles. The molecule has 10 heteroatoms. The molecule has 0 fully saturated rings. The summed E-state index contributed by atoms with van der Waals surface area (Å²) in [5.74, 6) is -1.63. The number of unbranched alkanes of at least 4 members (excludes halogenated alkanes) is 1. The van der Waals surface area contributed by atoms with Crippen molar-refractivity contribution in [2.45, 2.75) is 18.8 Å². The number of primary amides is 1. The fourth-order valence-corrected chi connectivity index (χ4v) is 4.68. The number of anilines is 1. The Bertz CT molecular complexity index is 1140. The van der Waals surface area contributed by atoms with Gasteiger partial charge in [0.15, 0.2) is 0 Å². The van der Waals surface area contributed by atoms with Crippen LogP contribution >= 0.6 is 0 Å². The SMILES string of the molecule is C=CCN(C)CCCCOc1ccc2c(c1)C(c1ccc(C(N)=O)cc1F)CN2S(=O)(=O)O. The molecule has 1 unspecified atom stereocenters. The Morgan fingerprint density at radius 2 is 2.06 bits per heavy atom. The lowest BCUT2D eigenvalue weighted by atomic mass is 9.92. The van der Waals surface area contributed by atoms with Gasteiger partial charge in [-0.3, -0.25) is 9.35 Å². The van der Waals surface area contributed by atoms with Crippen LogP contribution < -0.4 is 14.8 Å². The smallest absolute Gasteiger partial charge is 0.360 e. The quantitative estimate of drug-likeness (QED) is 0.292. The number of hydrogen-bond acceptors (Lipinski definition) is 5. The van der Waals surface area contributed by atoms with Crippen molar-refractivity contribution in [1.82, 2.24) is 4.90 Å².